The van der Waals surface area contributed by atoms with E-state index < -0.39 is 23.4 Å². The van der Waals surface area contributed by atoms with Crippen LogP contribution in [0.5, 0.6) is 0 Å². The summed E-state index contributed by atoms with van der Waals surface area (Å²) >= 11 is 5.44. The predicted molar refractivity (Wildman–Crippen MR) is 98.1 cm³/mol. The van der Waals surface area contributed by atoms with Crippen LogP contribution in [0, 0.1) is 22.2 Å². The summed E-state index contributed by atoms with van der Waals surface area (Å²) in [6.45, 7) is 1.37. The summed E-state index contributed by atoms with van der Waals surface area (Å²) in [5.74, 6) is -3.73. The number of halogens is 3. The Bertz CT molecular complexity index is 995. The summed E-state index contributed by atoms with van der Waals surface area (Å²) in [6, 6.07) is 1.72. The molecule has 1 amide bonds. The molecule has 2 atom stereocenters. The molecule has 1 fully saturated rings. The van der Waals surface area contributed by atoms with Gasteiger partial charge in [-0.05, 0) is 37.2 Å². The maximum Gasteiger partial charge on any atom is 0.226 e. The van der Waals surface area contributed by atoms with E-state index in [2.05, 4.69) is 5.32 Å². The van der Waals surface area contributed by atoms with E-state index in [9.17, 15) is 18.0 Å². The van der Waals surface area contributed by atoms with Gasteiger partial charge in [-0.1, -0.05) is 0 Å². The van der Waals surface area contributed by atoms with Crippen molar-refractivity contribution in [3.05, 3.63) is 51.3 Å². The molecule has 1 saturated heterocycles. The number of hydrogen-bond donors (Lipinski definition) is 1. The number of imidazole rings is 1. The molecule has 0 saturated carbocycles. The lowest BCUT2D eigenvalue weighted by molar-refractivity contribution is -0.121. The number of carbonyl (C=O) groups is 1. The Morgan fingerprint density at radius 2 is 2.07 bits per heavy atom. The Kier molecular flexibility index (Phi) is 5.05. The lowest BCUT2D eigenvalue weighted by atomic mass is 9.95. The van der Waals surface area contributed by atoms with E-state index in [0.29, 0.717) is 23.7 Å². The second-order valence-electron chi connectivity index (χ2n) is 7.31. The first-order valence-corrected chi connectivity index (χ1v) is 9.55. The normalized spacial score (nSPS) is 21.1. The maximum absolute atomic E-state index is 14.2. The fourth-order valence-corrected chi connectivity index (χ4v) is 4.40. The van der Waals surface area contributed by atoms with Crippen LogP contribution in [0.15, 0.2) is 12.1 Å². The summed E-state index contributed by atoms with van der Waals surface area (Å²) in [7, 11) is 1.77. The second kappa shape index (κ2) is 7.36. The first-order chi connectivity index (χ1) is 13.4. The molecule has 0 unspecified atom stereocenters. The molecule has 1 N–H and O–H groups in total. The lowest BCUT2D eigenvalue weighted by Crippen LogP contribution is -2.36. The van der Waals surface area contributed by atoms with Gasteiger partial charge >= 0.3 is 0 Å². The fourth-order valence-electron chi connectivity index (χ4n) is 4.11. The van der Waals surface area contributed by atoms with Crippen molar-refractivity contribution in [2.24, 2.45) is 7.05 Å². The molecule has 0 radical (unpaired) electrons. The molecule has 2 aliphatic rings. The quantitative estimate of drug-likeness (QED) is 0.622. The summed E-state index contributed by atoms with van der Waals surface area (Å²) in [6.07, 6.45) is 1.18. The van der Waals surface area contributed by atoms with Gasteiger partial charge in [-0.3, -0.25) is 4.79 Å². The van der Waals surface area contributed by atoms with Gasteiger partial charge in [0, 0.05) is 43.1 Å². The Morgan fingerprint density at radius 3 is 2.79 bits per heavy atom. The minimum atomic E-state index is -1.16. The Hall–Kier alpha value is -2.13. The smallest absolute Gasteiger partial charge is 0.226 e. The van der Waals surface area contributed by atoms with Crippen LogP contribution in [-0.2, 0) is 36.0 Å². The van der Waals surface area contributed by atoms with Crippen LogP contribution in [0.3, 0.4) is 0 Å². The molecule has 150 valence electrons. The molecule has 1 aromatic heterocycles. The monoisotopic (exact) mass is 411 g/mol. The Balaban J connectivity index is 1.60. The molecule has 28 heavy (non-hydrogen) atoms. The summed E-state index contributed by atoms with van der Waals surface area (Å²) in [4.78, 5) is 12.4. The third-order valence-electron chi connectivity index (χ3n) is 5.53. The Labute approximate surface area is 165 Å². The Morgan fingerprint density at radius 1 is 1.32 bits per heavy atom. The highest BCUT2D eigenvalue weighted by atomic mass is 32.1. The van der Waals surface area contributed by atoms with Gasteiger partial charge in [0.2, 0.25) is 5.91 Å². The van der Waals surface area contributed by atoms with E-state index in [1.807, 2.05) is 0 Å². The summed E-state index contributed by atoms with van der Waals surface area (Å²) in [5, 5.41) is 2.93. The molecule has 9 heteroatoms. The standard InChI is InChI=1S/C19H20F3N3O2S/c1-24-14(7-16(26)23-11-4-5-27-9-11)15-6-10(8-25(15)19(24)28)17-12(20)2-3-13(21)18(17)22/h2-3,10-11H,4-9H2,1H3,(H,23,26)/t10-,11+/m1/s1. The van der Waals surface area contributed by atoms with Crippen molar-refractivity contribution in [3.8, 4) is 0 Å². The first kappa shape index (κ1) is 19.2. The summed E-state index contributed by atoms with van der Waals surface area (Å²) < 4.78 is 51.3. The van der Waals surface area contributed by atoms with Gasteiger partial charge < -0.3 is 19.2 Å². The highest BCUT2D eigenvalue weighted by molar-refractivity contribution is 7.71. The fraction of sp³-hybridized carbons (Fsp3) is 0.474. The molecule has 5 nitrogen and oxygen atoms in total. The second-order valence-corrected chi connectivity index (χ2v) is 7.67. The largest absolute Gasteiger partial charge is 0.379 e. The highest BCUT2D eigenvalue weighted by Gasteiger charge is 2.33. The van der Waals surface area contributed by atoms with Gasteiger partial charge in [-0.2, -0.15) is 0 Å². The molecular formula is C19H20F3N3O2S. The van der Waals surface area contributed by atoms with Gasteiger partial charge in [0.15, 0.2) is 16.4 Å². The van der Waals surface area contributed by atoms with Crippen molar-refractivity contribution in [1.82, 2.24) is 14.5 Å². The van der Waals surface area contributed by atoms with Crippen molar-refractivity contribution in [2.45, 2.75) is 37.8 Å². The van der Waals surface area contributed by atoms with Crippen molar-refractivity contribution >= 4 is 18.1 Å². The molecule has 0 spiro atoms. The van der Waals surface area contributed by atoms with Gasteiger partial charge in [0.25, 0.3) is 0 Å². The molecule has 0 bridgehead atoms. The van der Waals surface area contributed by atoms with E-state index in [-0.39, 0.29) is 36.9 Å². The predicted octanol–water partition coefficient (Wildman–Crippen LogP) is 2.76. The number of fused-ring (bicyclic) bond motifs is 1. The zero-order valence-corrected chi connectivity index (χ0v) is 16.1. The molecule has 3 heterocycles. The SMILES string of the molecule is Cn1c(CC(=O)N[C@H]2CCOC2)c2n(c1=S)C[C@H](c1c(F)ccc(F)c1F)C2. The number of carbonyl (C=O) groups excluding carboxylic acids is 1. The average molecular weight is 411 g/mol. The molecule has 1 aromatic carbocycles. The molecule has 4 rings (SSSR count). The van der Waals surface area contributed by atoms with Crippen LogP contribution in [0.25, 0.3) is 0 Å². The van der Waals surface area contributed by atoms with Crippen LogP contribution in [0.4, 0.5) is 13.2 Å². The van der Waals surface area contributed by atoms with E-state index in [4.69, 9.17) is 17.0 Å². The number of nitrogens with zero attached hydrogens (tertiary/aromatic N) is 2. The van der Waals surface area contributed by atoms with E-state index in [1.165, 1.54) is 0 Å². The summed E-state index contributed by atoms with van der Waals surface area (Å²) in [5.41, 5.74) is 1.21. The number of hydrogen-bond acceptors (Lipinski definition) is 3. The van der Waals surface area contributed by atoms with Gasteiger partial charge in [-0.15, -0.1) is 0 Å². The number of benzene rings is 1. The van der Waals surface area contributed by atoms with Crippen LogP contribution in [0.2, 0.25) is 0 Å². The number of aromatic nitrogens is 2. The maximum atomic E-state index is 14.2. The van der Waals surface area contributed by atoms with Crippen molar-refractivity contribution < 1.29 is 22.7 Å². The zero-order valence-electron chi connectivity index (χ0n) is 15.3. The number of nitrogens with one attached hydrogen (secondary N) is 1. The number of ether oxygens (including phenoxy) is 1. The van der Waals surface area contributed by atoms with Crippen molar-refractivity contribution in [1.29, 1.82) is 0 Å². The van der Waals surface area contributed by atoms with Crippen molar-refractivity contribution in [3.63, 3.8) is 0 Å². The van der Waals surface area contributed by atoms with E-state index in [0.717, 1.165) is 24.2 Å². The highest BCUT2D eigenvalue weighted by Crippen LogP contribution is 2.36. The zero-order chi connectivity index (χ0) is 20.0. The minimum absolute atomic E-state index is 0.000300. The van der Waals surface area contributed by atoms with E-state index in [1.54, 1.807) is 16.2 Å². The van der Waals surface area contributed by atoms with Crippen LogP contribution in [0.1, 0.15) is 29.3 Å². The topological polar surface area (TPSA) is 48.2 Å². The van der Waals surface area contributed by atoms with Crippen molar-refractivity contribution in [2.75, 3.05) is 13.2 Å². The number of amides is 1. The molecule has 0 aliphatic carbocycles. The third-order valence-corrected chi connectivity index (χ3v) is 6.03. The molecule has 2 aliphatic heterocycles. The van der Waals surface area contributed by atoms with Crippen LogP contribution in [-0.4, -0.2) is 34.3 Å². The molecular weight excluding hydrogens is 391 g/mol. The minimum Gasteiger partial charge on any atom is -0.379 e. The van der Waals surface area contributed by atoms with Crippen LogP contribution >= 0.6 is 12.2 Å². The lowest BCUT2D eigenvalue weighted by Gasteiger charge is -2.14. The van der Waals surface area contributed by atoms with Gasteiger partial charge in [-0.25, -0.2) is 13.2 Å². The average Bonchev–Trinajstić information content (AvgIpc) is 3.35. The third kappa shape index (κ3) is 3.26. The number of rotatable bonds is 4. The van der Waals surface area contributed by atoms with Gasteiger partial charge in [0.05, 0.1) is 19.1 Å². The van der Waals surface area contributed by atoms with Gasteiger partial charge in [0.1, 0.15) is 5.82 Å². The first-order valence-electron chi connectivity index (χ1n) is 9.14. The molecule has 2 aromatic rings. The van der Waals surface area contributed by atoms with E-state index >= 15 is 0 Å². The van der Waals surface area contributed by atoms with Crippen LogP contribution < -0.4 is 5.32 Å².